The zero-order valence-corrected chi connectivity index (χ0v) is 13.3. The number of fused-ring (bicyclic) bond motifs is 1. The molecule has 0 fully saturated rings. The first-order valence-corrected chi connectivity index (χ1v) is 7.85. The molecule has 3 heteroatoms. The van der Waals surface area contributed by atoms with Crippen LogP contribution in [0.1, 0.15) is 40.8 Å². The van der Waals surface area contributed by atoms with E-state index in [0.29, 0.717) is 0 Å². The standard InChI is InChI=1S/C17H21NOS/c1-11-5-8-15(20-11)16(18-4)12-6-7-14-13(9-12)10-17(2,3)19-14/h5-9,16,18H,10H2,1-4H3. The molecule has 0 aliphatic carbocycles. The molecular weight excluding hydrogens is 266 g/mol. The zero-order chi connectivity index (χ0) is 14.3. The summed E-state index contributed by atoms with van der Waals surface area (Å²) in [7, 11) is 2.02. The van der Waals surface area contributed by atoms with Gasteiger partial charge in [0.15, 0.2) is 0 Å². The monoisotopic (exact) mass is 287 g/mol. The minimum atomic E-state index is -0.0738. The van der Waals surface area contributed by atoms with Gasteiger partial charge < -0.3 is 10.1 Å². The van der Waals surface area contributed by atoms with E-state index in [1.807, 2.05) is 18.4 Å². The third-order valence-corrected chi connectivity index (χ3v) is 4.82. The van der Waals surface area contributed by atoms with Gasteiger partial charge in [0.25, 0.3) is 0 Å². The van der Waals surface area contributed by atoms with Crippen LogP contribution >= 0.6 is 11.3 Å². The average Bonchev–Trinajstić information content (AvgIpc) is 2.91. The molecule has 106 valence electrons. The minimum Gasteiger partial charge on any atom is -0.487 e. The number of hydrogen-bond donors (Lipinski definition) is 1. The quantitative estimate of drug-likeness (QED) is 0.918. The fourth-order valence-electron chi connectivity index (χ4n) is 2.89. The molecule has 1 unspecified atom stereocenters. The smallest absolute Gasteiger partial charge is 0.123 e. The Balaban J connectivity index is 1.95. The third-order valence-electron chi connectivity index (χ3n) is 3.75. The summed E-state index contributed by atoms with van der Waals surface area (Å²) in [5.41, 5.74) is 2.56. The molecule has 3 rings (SSSR count). The normalized spacial score (nSPS) is 17.6. The molecule has 0 saturated heterocycles. The lowest BCUT2D eigenvalue weighted by atomic mass is 9.97. The van der Waals surface area contributed by atoms with Crippen molar-refractivity contribution >= 4 is 11.3 Å². The van der Waals surface area contributed by atoms with E-state index in [4.69, 9.17) is 4.74 Å². The van der Waals surface area contributed by atoms with Crippen LogP contribution in [0.3, 0.4) is 0 Å². The van der Waals surface area contributed by atoms with Gasteiger partial charge in [-0.15, -0.1) is 11.3 Å². The lowest BCUT2D eigenvalue weighted by Gasteiger charge is -2.16. The number of ether oxygens (including phenoxy) is 1. The number of aryl methyl sites for hydroxylation is 1. The summed E-state index contributed by atoms with van der Waals surface area (Å²) in [6.07, 6.45) is 0.982. The molecule has 1 aliphatic rings. The molecular formula is C17H21NOS. The highest BCUT2D eigenvalue weighted by molar-refractivity contribution is 7.12. The molecule has 0 spiro atoms. The van der Waals surface area contributed by atoms with Crippen LogP contribution in [0.15, 0.2) is 30.3 Å². The first-order chi connectivity index (χ1) is 9.48. The van der Waals surface area contributed by atoms with Gasteiger partial charge in [-0.1, -0.05) is 12.1 Å². The third kappa shape index (κ3) is 2.48. The van der Waals surface area contributed by atoms with Crippen LogP contribution in [0.2, 0.25) is 0 Å². The molecule has 1 aromatic carbocycles. The number of hydrogen-bond acceptors (Lipinski definition) is 3. The van der Waals surface area contributed by atoms with Crippen molar-refractivity contribution in [1.29, 1.82) is 0 Å². The van der Waals surface area contributed by atoms with Crippen LogP contribution in [0.4, 0.5) is 0 Å². The molecule has 0 radical (unpaired) electrons. The fourth-order valence-corrected chi connectivity index (χ4v) is 3.91. The highest BCUT2D eigenvalue weighted by Crippen LogP contribution is 2.37. The number of nitrogens with one attached hydrogen (secondary N) is 1. The Morgan fingerprint density at radius 1 is 1.25 bits per heavy atom. The van der Waals surface area contributed by atoms with E-state index in [1.165, 1.54) is 20.9 Å². The second-order valence-corrected chi connectivity index (χ2v) is 7.40. The zero-order valence-electron chi connectivity index (χ0n) is 12.5. The first kappa shape index (κ1) is 13.7. The predicted molar refractivity (Wildman–Crippen MR) is 84.8 cm³/mol. The SMILES string of the molecule is CNC(c1ccc2c(c1)CC(C)(C)O2)c1ccc(C)s1. The summed E-state index contributed by atoms with van der Waals surface area (Å²) < 4.78 is 5.95. The van der Waals surface area contributed by atoms with Crippen molar-refractivity contribution < 1.29 is 4.74 Å². The van der Waals surface area contributed by atoms with E-state index in [1.54, 1.807) is 0 Å². The van der Waals surface area contributed by atoms with Gasteiger partial charge in [-0.3, -0.25) is 0 Å². The van der Waals surface area contributed by atoms with Crippen LogP contribution < -0.4 is 10.1 Å². The lowest BCUT2D eigenvalue weighted by Crippen LogP contribution is -2.24. The van der Waals surface area contributed by atoms with Gasteiger partial charge in [0.2, 0.25) is 0 Å². The summed E-state index contributed by atoms with van der Waals surface area (Å²) in [6.45, 7) is 6.44. The molecule has 2 nitrogen and oxygen atoms in total. The molecule has 1 atom stereocenters. The van der Waals surface area contributed by atoms with Gasteiger partial charge in [0.05, 0.1) is 6.04 Å². The summed E-state index contributed by atoms with van der Waals surface area (Å²) in [5, 5.41) is 3.43. The van der Waals surface area contributed by atoms with Gasteiger partial charge in [-0.2, -0.15) is 0 Å². The number of rotatable bonds is 3. The van der Waals surface area contributed by atoms with Crippen molar-refractivity contribution in [3.05, 3.63) is 51.2 Å². The highest BCUT2D eigenvalue weighted by Gasteiger charge is 2.30. The Bertz CT molecular complexity index is 630. The molecule has 0 saturated carbocycles. The van der Waals surface area contributed by atoms with Gasteiger partial charge in [-0.05, 0) is 57.1 Å². The molecule has 1 N–H and O–H groups in total. The van der Waals surface area contributed by atoms with E-state index < -0.39 is 0 Å². The Labute approximate surface area is 124 Å². The predicted octanol–water partition coefficient (Wildman–Crippen LogP) is 4.08. The molecule has 1 aromatic heterocycles. The van der Waals surface area contributed by atoms with Crippen LogP contribution in [0.5, 0.6) is 5.75 Å². The number of benzene rings is 1. The summed E-state index contributed by atoms with van der Waals surface area (Å²) in [4.78, 5) is 2.72. The Morgan fingerprint density at radius 3 is 2.70 bits per heavy atom. The fraction of sp³-hybridized carbons (Fsp3) is 0.412. The van der Waals surface area contributed by atoms with E-state index >= 15 is 0 Å². The maximum Gasteiger partial charge on any atom is 0.123 e. The Morgan fingerprint density at radius 2 is 2.05 bits per heavy atom. The van der Waals surface area contributed by atoms with Gasteiger partial charge in [0.1, 0.15) is 11.4 Å². The van der Waals surface area contributed by atoms with Crippen molar-refractivity contribution in [3.63, 3.8) is 0 Å². The van der Waals surface area contributed by atoms with E-state index in [2.05, 4.69) is 56.4 Å². The van der Waals surface area contributed by atoms with Crippen molar-refractivity contribution in [3.8, 4) is 5.75 Å². The van der Waals surface area contributed by atoms with Crippen LogP contribution in [0, 0.1) is 6.92 Å². The van der Waals surface area contributed by atoms with E-state index in [0.717, 1.165) is 12.2 Å². The summed E-state index contributed by atoms with van der Waals surface area (Å²) in [5.74, 6) is 1.04. The molecule has 1 aliphatic heterocycles. The molecule has 0 amide bonds. The molecule has 2 aromatic rings. The summed E-state index contributed by atoms with van der Waals surface area (Å²) in [6, 6.07) is 11.3. The lowest BCUT2D eigenvalue weighted by molar-refractivity contribution is 0.138. The highest BCUT2D eigenvalue weighted by atomic mass is 32.1. The van der Waals surface area contributed by atoms with Gasteiger partial charge >= 0.3 is 0 Å². The van der Waals surface area contributed by atoms with Crippen LogP contribution in [0.25, 0.3) is 0 Å². The minimum absolute atomic E-state index is 0.0738. The second-order valence-electron chi connectivity index (χ2n) is 6.08. The maximum absolute atomic E-state index is 5.95. The largest absolute Gasteiger partial charge is 0.487 e. The van der Waals surface area contributed by atoms with Gasteiger partial charge in [-0.25, -0.2) is 0 Å². The maximum atomic E-state index is 5.95. The van der Waals surface area contributed by atoms with Gasteiger partial charge in [0, 0.05) is 16.2 Å². The first-order valence-electron chi connectivity index (χ1n) is 7.04. The second kappa shape index (κ2) is 4.90. The van der Waals surface area contributed by atoms with Crippen LogP contribution in [-0.4, -0.2) is 12.6 Å². The van der Waals surface area contributed by atoms with Crippen molar-refractivity contribution in [1.82, 2.24) is 5.32 Å². The Hall–Kier alpha value is -1.32. The van der Waals surface area contributed by atoms with E-state index in [-0.39, 0.29) is 11.6 Å². The van der Waals surface area contributed by atoms with E-state index in [9.17, 15) is 0 Å². The average molecular weight is 287 g/mol. The number of thiophene rings is 1. The molecule has 20 heavy (non-hydrogen) atoms. The topological polar surface area (TPSA) is 21.3 Å². The van der Waals surface area contributed by atoms with Crippen LogP contribution in [-0.2, 0) is 6.42 Å². The van der Waals surface area contributed by atoms with Crippen molar-refractivity contribution in [2.45, 2.75) is 38.8 Å². The van der Waals surface area contributed by atoms with Crippen molar-refractivity contribution in [2.75, 3.05) is 7.05 Å². The molecule has 0 bridgehead atoms. The summed E-state index contributed by atoms with van der Waals surface area (Å²) >= 11 is 1.85. The molecule has 2 heterocycles. The Kier molecular flexibility index (Phi) is 3.35. The van der Waals surface area contributed by atoms with Crippen molar-refractivity contribution in [2.24, 2.45) is 0 Å².